The van der Waals surface area contributed by atoms with Crippen LogP contribution in [0.1, 0.15) is 12.8 Å². The summed E-state index contributed by atoms with van der Waals surface area (Å²) >= 11 is 1.64. The first-order chi connectivity index (χ1) is 12.3. The minimum atomic E-state index is -0.347. The van der Waals surface area contributed by atoms with E-state index in [1.54, 1.807) is 11.8 Å². The highest BCUT2D eigenvalue weighted by Crippen LogP contribution is 2.34. The minimum absolute atomic E-state index is 0. The zero-order chi connectivity index (χ0) is 17.1. The second-order valence-electron chi connectivity index (χ2n) is 6.62. The quantitative estimate of drug-likeness (QED) is 0.805. The Hall–Kier alpha value is -1.69. The van der Waals surface area contributed by atoms with Gasteiger partial charge < -0.3 is 4.74 Å². The SMILES string of the molecule is Cl.O=C(Nc1ccccc1Sc1ccccc1)OC1CN2CCC1CC2. The molecule has 3 heterocycles. The molecule has 138 valence electrons. The average molecular weight is 391 g/mol. The molecule has 0 spiro atoms. The topological polar surface area (TPSA) is 41.6 Å². The van der Waals surface area contributed by atoms with Crippen molar-refractivity contribution in [3.05, 3.63) is 54.6 Å². The van der Waals surface area contributed by atoms with Crippen LogP contribution in [0.5, 0.6) is 0 Å². The maximum absolute atomic E-state index is 12.4. The predicted octanol–water partition coefficient (Wildman–Crippen LogP) is 4.90. The predicted molar refractivity (Wildman–Crippen MR) is 107 cm³/mol. The lowest BCUT2D eigenvalue weighted by atomic mass is 9.86. The van der Waals surface area contributed by atoms with E-state index in [1.807, 2.05) is 42.5 Å². The number of ether oxygens (including phenoxy) is 1. The number of nitrogens with zero attached hydrogens (tertiary/aromatic N) is 1. The zero-order valence-electron chi connectivity index (χ0n) is 14.5. The van der Waals surface area contributed by atoms with Gasteiger partial charge in [0, 0.05) is 16.3 Å². The highest BCUT2D eigenvalue weighted by atomic mass is 35.5. The number of amides is 1. The Morgan fingerprint density at radius 2 is 1.73 bits per heavy atom. The second kappa shape index (κ2) is 8.80. The summed E-state index contributed by atoms with van der Waals surface area (Å²) in [5, 5.41) is 2.94. The lowest BCUT2D eigenvalue weighted by molar-refractivity contribution is -0.0289. The molecule has 0 aliphatic carbocycles. The van der Waals surface area contributed by atoms with Crippen molar-refractivity contribution in [2.75, 3.05) is 25.0 Å². The molecule has 26 heavy (non-hydrogen) atoms. The Kier molecular flexibility index (Phi) is 6.46. The molecule has 0 aromatic heterocycles. The molecule has 3 aliphatic rings. The Labute approximate surface area is 164 Å². The number of piperidine rings is 3. The first-order valence-electron chi connectivity index (χ1n) is 8.80. The maximum atomic E-state index is 12.4. The van der Waals surface area contributed by atoms with Crippen LogP contribution in [0, 0.1) is 5.92 Å². The van der Waals surface area contributed by atoms with Crippen LogP contribution < -0.4 is 5.32 Å². The molecule has 1 unspecified atom stereocenters. The summed E-state index contributed by atoms with van der Waals surface area (Å²) in [5.41, 5.74) is 0.794. The van der Waals surface area contributed by atoms with Crippen molar-refractivity contribution in [2.45, 2.75) is 28.7 Å². The third-order valence-corrected chi connectivity index (χ3v) is 6.03. The minimum Gasteiger partial charge on any atom is -0.444 e. The summed E-state index contributed by atoms with van der Waals surface area (Å²) in [4.78, 5) is 16.9. The summed E-state index contributed by atoms with van der Waals surface area (Å²) in [5.74, 6) is 0.518. The lowest BCUT2D eigenvalue weighted by Crippen LogP contribution is -2.52. The molecular formula is C20H23ClN2O2S. The van der Waals surface area contributed by atoms with Gasteiger partial charge in [0.2, 0.25) is 0 Å². The average Bonchev–Trinajstić information content (AvgIpc) is 2.65. The Morgan fingerprint density at radius 3 is 2.42 bits per heavy atom. The van der Waals surface area contributed by atoms with Crippen molar-refractivity contribution < 1.29 is 9.53 Å². The zero-order valence-corrected chi connectivity index (χ0v) is 16.1. The van der Waals surface area contributed by atoms with Gasteiger partial charge in [-0.2, -0.15) is 0 Å². The summed E-state index contributed by atoms with van der Waals surface area (Å²) in [6, 6.07) is 18.0. The number of hydrogen-bond acceptors (Lipinski definition) is 4. The molecule has 1 amide bonds. The summed E-state index contributed by atoms with van der Waals surface area (Å²) < 4.78 is 5.73. The van der Waals surface area contributed by atoms with Crippen molar-refractivity contribution in [1.82, 2.24) is 4.90 Å². The number of fused-ring (bicyclic) bond motifs is 3. The fraction of sp³-hybridized carbons (Fsp3) is 0.350. The van der Waals surface area contributed by atoms with E-state index in [2.05, 4.69) is 22.3 Å². The van der Waals surface area contributed by atoms with Gasteiger partial charge in [-0.3, -0.25) is 10.2 Å². The highest BCUT2D eigenvalue weighted by molar-refractivity contribution is 7.99. The van der Waals surface area contributed by atoms with Crippen molar-refractivity contribution in [1.29, 1.82) is 0 Å². The largest absolute Gasteiger partial charge is 0.444 e. The van der Waals surface area contributed by atoms with Crippen molar-refractivity contribution in [2.24, 2.45) is 5.92 Å². The van der Waals surface area contributed by atoms with Crippen LogP contribution in [0.25, 0.3) is 0 Å². The third-order valence-electron chi connectivity index (χ3n) is 4.95. The molecule has 6 heteroatoms. The van der Waals surface area contributed by atoms with Crippen molar-refractivity contribution in [3.63, 3.8) is 0 Å². The third kappa shape index (κ3) is 4.53. The van der Waals surface area contributed by atoms with E-state index in [0.717, 1.165) is 48.0 Å². The van der Waals surface area contributed by atoms with Gasteiger partial charge in [-0.05, 0) is 56.1 Å². The van der Waals surface area contributed by atoms with E-state index in [-0.39, 0.29) is 24.6 Å². The summed E-state index contributed by atoms with van der Waals surface area (Å²) in [6.45, 7) is 3.16. The standard InChI is InChI=1S/C20H22N2O2S.ClH/c23-20(24-18-14-22-12-10-15(18)11-13-22)21-17-8-4-5-9-19(17)25-16-6-2-1-3-7-16;/h1-9,15,18H,10-14H2,(H,21,23);1H. The lowest BCUT2D eigenvalue weighted by Gasteiger charge is -2.43. The molecule has 1 N–H and O–H groups in total. The van der Waals surface area contributed by atoms with Crippen LogP contribution in [0.3, 0.4) is 0 Å². The number of nitrogens with one attached hydrogen (secondary N) is 1. The first kappa shape index (κ1) is 19.1. The smallest absolute Gasteiger partial charge is 0.411 e. The molecule has 0 saturated carbocycles. The van der Waals surface area contributed by atoms with Gasteiger partial charge in [-0.1, -0.05) is 42.1 Å². The van der Waals surface area contributed by atoms with E-state index in [1.165, 1.54) is 0 Å². The number of benzene rings is 2. The number of carbonyl (C=O) groups is 1. The van der Waals surface area contributed by atoms with Crippen LogP contribution in [0.2, 0.25) is 0 Å². The van der Waals surface area contributed by atoms with Gasteiger partial charge in [0.1, 0.15) is 6.10 Å². The number of para-hydroxylation sites is 1. The summed E-state index contributed by atoms with van der Waals surface area (Å²) in [7, 11) is 0. The monoisotopic (exact) mass is 390 g/mol. The van der Waals surface area contributed by atoms with E-state index in [0.29, 0.717) is 5.92 Å². The van der Waals surface area contributed by atoms with Crippen molar-refractivity contribution in [3.8, 4) is 0 Å². The van der Waals surface area contributed by atoms with Crippen LogP contribution in [-0.4, -0.2) is 36.7 Å². The molecule has 4 nitrogen and oxygen atoms in total. The molecule has 5 rings (SSSR count). The molecular weight excluding hydrogens is 368 g/mol. The Morgan fingerprint density at radius 1 is 1.04 bits per heavy atom. The van der Waals surface area contributed by atoms with E-state index < -0.39 is 0 Å². The van der Waals surface area contributed by atoms with Crippen molar-refractivity contribution >= 4 is 35.9 Å². The fourth-order valence-electron chi connectivity index (χ4n) is 3.60. The van der Waals surface area contributed by atoms with E-state index >= 15 is 0 Å². The van der Waals surface area contributed by atoms with Crippen LogP contribution in [0.15, 0.2) is 64.4 Å². The Balaban J connectivity index is 0.00000196. The van der Waals surface area contributed by atoms with Gasteiger partial charge in [-0.25, -0.2) is 4.79 Å². The van der Waals surface area contributed by atoms with E-state index in [4.69, 9.17) is 4.74 Å². The molecule has 2 aromatic carbocycles. The first-order valence-corrected chi connectivity index (χ1v) is 9.61. The van der Waals surface area contributed by atoms with Gasteiger partial charge >= 0.3 is 6.09 Å². The molecule has 0 radical (unpaired) electrons. The maximum Gasteiger partial charge on any atom is 0.411 e. The number of hydrogen-bond donors (Lipinski definition) is 1. The van der Waals surface area contributed by atoms with Crippen LogP contribution >= 0.6 is 24.2 Å². The number of carbonyl (C=O) groups excluding carboxylic acids is 1. The molecule has 1 atom stereocenters. The number of anilines is 1. The van der Waals surface area contributed by atoms with E-state index in [9.17, 15) is 4.79 Å². The second-order valence-corrected chi connectivity index (χ2v) is 7.73. The molecule has 3 aliphatic heterocycles. The molecule has 3 fully saturated rings. The Bertz CT molecular complexity index is 736. The molecule has 2 bridgehead atoms. The molecule has 3 saturated heterocycles. The van der Waals surface area contributed by atoms with Gasteiger partial charge in [-0.15, -0.1) is 12.4 Å². The number of rotatable bonds is 4. The highest BCUT2D eigenvalue weighted by Gasteiger charge is 2.36. The molecule has 2 aromatic rings. The van der Waals surface area contributed by atoms with Gasteiger partial charge in [0.15, 0.2) is 0 Å². The fourth-order valence-corrected chi connectivity index (χ4v) is 4.52. The van der Waals surface area contributed by atoms with Gasteiger partial charge in [0.05, 0.1) is 5.69 Å². The van der Waals surface area contributed by atoms with Crippen LogP contribution in [0.4, 0.5) is 10.5 Å². The normalized spacial score (nSPS) is 23.8. The summed E-state index contributed by atoms with van der Waals surface area (Å²) in [6.07, 6.45) is 1.95. The van der Waals surface area contributed by atoms with Gasteiger partial charge in [0.25, 0.3) is 0 Å². The van der Waals surface area contributed by atoms with Crippen LogP contribution in [-0.2, 0) is 4.74 Å². The number of halogens is 1.